The average molecular weight is 212 g/mol. The molecule has 1 aliphatic rings. The summed E-state index contributed by atoms with van der Waals surface area (Å²) in [5, 5.41) is 11.5. The first-order valence-electron chi connectivity index (χ1n) is 6.31. The van der Waals surface area contributed by atoms with Gasteiger partial charge in [0.2, 0.25) is 0 Å². The van der Waals surface area contributed by atoms with Gasteiger partial charge in [-0.2, -0.15) is 0 Å². The van der Waals surface area contributed by atoms with Gasteiger partial charge in [-0.05, 0) is 32.7 Å². The number of rotatable bonds is 6. The van der Waals surface area contributed by atoms with Gasteiger partial charge in [-0.25, -0.2) is 5.32 Å². The maximum Gasteiger partial charge on any atom is 0.0148 e. The van der Waals surface area contributed by atoms with E-state index in [9.17, 15) is 0 Å². The molecule has 0 aromatic rings. The predicted octanol–water partition coefficient (Wildman–Crippen LogP) is 1.12. The van der Waals surface area contributed by atoms with Gasteiger partial charge in [0, 0.05) is 31.2 Å². The summed E-state index contributed by atoms with van der Waals surface area (Å²) in [7, 11) is 0. The lowest BCUT2D eigenvalue weighted by atomic mass is 10.1. The fourth-order valence-corrected chi connectivity index (χ4v) is 1.99. The molecular formula is C12H26N3. The van der Waals surface area contributed by atoms with E-state index in [0.717, 1.165) is 19.6 Å². The van der Waals surface area contributed by atoms with Crippen molar-refractivity contribution >= 4 is 0 Å². The lowest BCUT2D eigenvalue weighted by Crippen LogP contribution is -2.43. The van der Waals surface area contributed by atoms with Crippen molar-refractivity contribution in [3.63, 3.8) is 0 Å². The Labute approximate surface area is 94.4 Å². The molecule has 1 unspecified atom stereocenters. The number of hydrogen-bond donors (Lipinski definition) is 2. The van der Waals surface area contributed by atoms with Crippen LogP contribution in [0.2, 0.25) is 0 Å². The van der Waals surface area contributed by atoms with E-state index in [0.29, 0.717) is 18.1 Å². The van der Waals surface area contributed by atoms with E-state index in [2.05, 4.69) is 36.7 Å². The molecule has 0 aliphatic carbocycles. The molecule has 3 nitrogen and oxygen atoms in total. The zero-order chi connectivity index (χ0) is 11.1. The minimum absolute atomic E-state index is 0.602. The van der Waals surface area contributed by atoms with Crippen LogP contribution in [0.4, 0.5) is 0 Å². The molecule has 0 saturated carbocycles. The van der Waals surface area contributed by atoms with Crippen molar-refractivity contribution in [1.82, 2.24) is 16.0 Å². The van der Waals surface area contributed by atoms with E-state index in [1.165, 1.54) is 19.3 Å². The average Bonchev–Trinajstić information content (AvgIpc) is 2.18. The molecule has 15 heavy (non-hydrogen) atoms. The number of nitrogens with zero attached hydrogens (tertiary/aromatic N) is 1. The third-order valence-electron chi connectivity index (χ3n) is 2.92. The van der Waals surface area contributed by atoms with E-state index in [1.54, 1.807) is 0 Å². The van der Waals surface area contributed by atoms with Gasteiger partial charge in [0.25, 0.3) is 0 Å². The van der Waals surface area contributed by atoms with Crippen molar-refractivity contribution in [1.29, 1.82) is 0 Å². The Balaban J connectivity index is 2.03. The van der Waals surface area contributed by atoms with Crippen LogP contribution >= 0.6 is 0 Å². The summed E-state index contributed by atoms with van der Waals surface area (Å²) < 4.78 is 0. The molecule has 1 aliphatic heterocycles. The molecule has 1 fully saturated rings. The Morgan fingerprint density at radius 1 is 1.20 bits per heavy atom. The Kier molecular flexibility index (Phi) is 6.22. The molecule has 1 atom stereocenters. The highest BCUT2D eigenvalue weighted by Crippen LogP contribution is 2.05. The highest BCUT2D eigenvalue weighted by Gasteiger charge is 2.15. The summed E-state index contributed by atoms with van der Waals surface area (Å²) in [5.74, 6) is 0. The van der Waals surface area contributed by atoms with Crippen molar-refractivity contribution in [2.24, 2.45) is 0 Å². The molecule has 1 saturated heterocycles. The van der Waals surface area contributed by atoms with Gasteiger partial charge in [0.15, 0.2) is 0 Å². The van der Waals surface area contributed by atoms with Crippen LogP contribution in [0.1, 0.15) is 40.0 Å². The van der Waals surface area contributed by atoms with Gasteiger partial charge in [-0.3, -0.25) is 0 Å². The van der Waals surface area contributed by atoms with Gasteiger partial charge >= 0.3 is 0 Å². The highest BCUT2D eigenvalue weighted by molar-refractivity contribution is 4.77. The fourth-order valence-electron chi connectivity index (χ4n) is 1.99. The number of nitrogens with one attached hydrogen (secondary N) is 2. The third kappa shape index (κ3) is 6.13. The van der Waals surface area contributed by atoms with Crippen molar-refractivity contribution in [3.8, 4) is 0 Å². The largest absolute Gasteiger partial charge is 0.314 e. The summed E-state index contributed by atoms with van der Waals surface area (Å²) in [4.78, 5) is 0. The molecule has 0 bridgehead atoms. The number of piperidine rings is 1. The Morgan fingerprint density at radius 2 is 1.87 bits per heavy atom. The van der Waals surface area contributed by atoms with Gasteiger partial charge in [-0.15, -0.1) is 0 Å². The zero-order valence-corrected chi connectivity index (χ0v) is 10.4. The molecule has 1 rings (SSSR count). The zero-order valence-electron chi connectivity index (χ0n) is 10.4. The predicted molar refractivity (Wildman–Crippen MR) is 65.2 cm³/mol. The van der Waals surface area contributed by atoms with E-state index in [-0.39, 0.29) is 0 Å². The van der Waals surface area contributed by atoms with E-state index in [1.807, 2.05) is 0 Å². The summed E-state index contributed by atoms with van der Waals surface area (Å²) in [6.45, 7) is 9.89. The summed E-state index contributed by atoms with van der Waals surface area (Å²) in [6, 6.07) is 1.93. The van der Waals surface area contributed by atoms with Crippen molar-refractivity contribution < 1.29 is 0 Å². The quantitative estimate of drug-likeness (QED) is 0.692. The summed E-state index contributed by atoms with van der Waals surface area (Å²) in [5.41, 5.74) is 0. The smallest absolute Gasteiger partial charge is 0.0148 e. The first kappa shape index (κ1) is 12.9. The minimum atomic E-state index is 0.602. The highest BCUT2D eigenvalue weighted by atomic mass is 15.0. The van der Waals surface area contributed by atoms with E-state index >= 15 is 0 Å². The van der Waals surface area contributed by atoms with Crippen molar-refractivity contribution in [2.75, 3.05) is 19.6 Å². The van der Waals surface area contributed by atoms with Crippen LogP contribution in [-0.4, -0.2) is 37.8 Å². The molecule has 1 radical (unpaired) electrons. The van der Waals surface area contributed by atoms with E-state index < -0.39 is 0 Å². The molecule has 89 valence electrons. The van der Waals surface area contributed by atoms with Crippen molar-refractivity contribution in [3.05, 3.63) is 0 Å². The summed E-state index contributed by atoms with van der Waals surface area (Å²) in [6.07, 6.45) is 3.66. The topological polar surface area (TPSA) is 38.2 Å². The maximum atomic E-state index is 4.37. The van der Waals surface area contributed by atoms with Gasteiger partial charge in [0.05, 0.1) is 0 Å². The lowest BCUT2D eigenvalue weighted by molar-refractivity contribution is 0.341. The molecule has 3 heteroatoms. The van der Waals surface area contributed by atoms with Gasteiger partial charge in [0.1, 0.15) is 0 Å². The van der Waals surface area contributed by atoms with Gasteiger partial charge < -0.3 is 10.6 Å². The molecular weight excluding hydrogens is 186 g/mol. The Hall–Kier alpha value is -0.120. The normalized spacial score (nSPS) is 20.8. The second kappa shape index (κ2) is 7.20. The standard InChI is InChI=1S/C12H26N3/c1-10(2)14-9-4-11(3)15-12-5-7-13-8-6-12/h10-12,14-15H,4-9H2,1-3H3. The van der Waals surface area contributed by atoms with Gasteiger partial charge in [-0.1, -0.05) is 13.8 Å². The first-order chi connectivity index (χ1) is 7.18. The monoisotopic (exact) mass is 212 g/mol. The first-order valence-corrected chi connectivity index (χ1v) is 6.31. The molecule has 2 N–H and O–H groups in total. The van der Waals surface area contributed by atoms with Crippen LogP contribution in [0.5, 0.6) is 0 Å². The number of hydrogen-bond acceptors (Lipinski definition) is 2. The Bertz CT molecular complexity index is 153. The van der Waals surface area contributed by atoms with Crippen LogP contribution in [0.3, 0.4) is 0 Å². The Morgan fingerprint density at radius 3 is 2.47 bits per heavy atom. The molecule has 0 aromatic carbocycles. The van der Waals surface area contributed by atoms with Crippen LogP contribution in [0.25, 0.3) is 0 Å². The van der Waals surface area contributed by atoms with Crippen LogP contribution in [0, 0.1) is 0 Å². The molecule has 0 aromatic heterocycles. The summed E-state index contributed by atoms with van der Waals surface area (Å²) >= 11 is 0. The van der Waals surface area contributed by atoms with Crippen LogP contribution in [-0.2, 0) is 0 Å². The minimum Gasteiger partial charge on any atom is -0.314 e. The fraction of sp³-hybridized carbons (Fsp3) is 1.00. The molecule has 1 heterocycles. The third-order valence-corrected chi connectivity index (χ3v) is 2.92. The second-order valence-corrected chi connectivity index (χ2v) is 4.91. The van der Waals surface area contributed by atoms with Crippen molar-refractivity contribution in [2.45, 2.75) is 58.2 Å². The van der Waals surface area contributed by atoms with Crippen LogP contribution in [0.15, 0.2) is 0 Å². The maximum absolute atomic E-state index is 4.37. The lowest BCUT2D eigenvalue weighted by Gasteiger charge is -2.26. The second-order valence-electron chi connectivity index (χ2n) is 4.91. The van der Waals surface area contributed by atoms with E-state index in [4.69, 9.17) is 0 Å². The van der Waals surface area contributed by atoms with Crippen LogP contribution < -0.4 is 16.0 Å². The SMILES string of the molecule is CC(C)NCCC(C)NC1CC[N]CC1. The molecule has 0 amide bonds. The molecule has 0 spiro atoms.